The molecule has 0 heterocycles. The van der Waals surface area contributed by atoms with Crippen LogP contribution in [0.4, 0.5) is 0 Å². The van der Waals surface area contributed by atoms with Gasteiger partial charge in [0.05, 0.1) is 0 Å². The zero-order valence-electron chi connectivity index (χ0n) is 22.7. The van der Waals surface area contributed by atoms with Crippen molar-refractivity contribution in [3.63, 3.8) is 0 Å². The Labute approximate surface area is 202 Å². The number of hydrogen-bond donors (Lipinski definition) is 1. The number of hydrogen-bond acceptors (Lipinski definition) is 1. The van der Waals surface area contributed by atoms with Crippen LogP contribution in [0.5, 0.6) is 0 Å². The van der Waals surface area contributed by atoms with Gasteiger partial charge in [-0.05, 0) is 98.2 Å². The van der Waals surface area contributed by atoms with E-state index in [0.717, 1.165) is 47.3 Å². The summed E-state index contributed by atoms with van der Waals surface area (Å²) >= 11 is 0. The molecule has 188 valence electrons. The van der Waals surface area contributed by atoms with Crippen molar-refractivity contribution in [1.29, 1.82) is 0 Å². The predicted molar refractivity (Wildman–Crippen MR) is 142 cm³/mol. The van der Waals surface area contributed by atoms with Crippen molar-refractivity contribution in [3.8, 4) is 0 Å². The quantitative estimate of drug-likeness (QED) is 0.356. The fourth-order valence-electron chi connectivity index (χ4n) is 8.29. The molecule has 3 aliphatic rings. The largest absolute Gasteiger partial charge is 0.327 e. The lowest BCUT2D eigenvalue weighted by Crippen LogP contribution is -2.43. The summed E-state index contributed by atoms with van der Waals surface area (Å²) in [6, 6.07) is 0.408. The minimum atomic E-state index is 0.408. The molecular formula is C31H59N. The third-order valence-electron chi connectivity index (χ3n) is 11.2. The second-order valence-electron chi connectivity index (χ2n) is 13.0. The summed E-state index contributed by atoms with van der Waals surface area (Å²) in [5.74, 6) is 8.26. The van der Waals surface area contributed by atoms with E-state index in [9.17, 15) is 0 Å². The summed E-state index contributed by atoms with van der Waals surface area (Å²) in [6.07, 6.45) is 23.4. The van der Waals surface area contributed by atoms with Gasteiger partial charge in [-0.2, -0.15) is 0 Å². The Morgan fingerprint density at radius 2 is 1.34 bits per heavy atom. The Morgan fingerprint density at radius 3 is 1.97 bits per heavy atom. The first kappa shape index (κ1) is 26.6. The molecule has 5 unspecified atom stereocenters. The molecular weight excluding hydrogens is 386 g/mol. The van der Waals surface area contributed by atoms with Gasteiger partial charge in [0.2, 0.25) is 0 Å². The molecule has 0 radical (unpaired) electrons. The van der Waals surface area contributed by atoms with Crippen molar-refractivity contribution >= 4 is 0 Å². The van der Waals surface area contributed by atoms with Gasteiger partial charge in [0, 0.05) is 6.04 Å². The van der Waals surface area contributed by atoms with Crippen molar-refractivity contribution in [3.05, 3.63) is 0 Å². The maximum Gasteiger partial charge on any atom is 0.00955 e. The average molecular weight is 446 g/mol. The smallest absolute Gasteiger partial charge is 0.00955 e. The Kier molecular flexibility index (Phi) is 10.9. The van der Waals surface area contributed by atoms with Gasteiger partial charge in [-0.3, -0.25) is 0 Å². The molecule has 3 aliphatic carbocycles. The summed E-state index contributed by atoms with van der Waals surface area (Å²) in [4.78, 5) is 0. The van der Waals surface area contributed by atoms with Gasteiger partial charge < -0.3 is 5.73 Å². The maximum absolute atomic E-state index is 6.99. The highest BCUT2D eigenvalue weighted by Gasteiger charge is 2.39. The van der Waals surface area contributed by atoms with Gasteiger partial charge in [-0.15, -0.1) is 0 Å². The molecule has 0 amide bonds. The van der Waals surface area contributed by atoms with Crippen LogP contribution in [0.3, 0.4) is 0 Å². The minimum Gasteiger partial charge on any atom is -0.327 e. The molecule has 0 aromatic heterocycles. The number of rotatable bonds is 10. The zero-order valence-corrected chi connectivity index (χ0v) is 22.7. The van der Waals surface area contributed by atoms with E-state index in [4.69, 9.17) is 5.73 Å². The zero-order chi connectivity index (χ0) is 23.1. The van der Waals surface area contributed by atoms with Crippen LogP contribution in [0.1, 0.15) is 137 Å². The highest BCUT2D eigenvalue weighted by molar-refractivity contribution is 4.91. The highest BCUT2D eigenvalue weighted by Crippen LogP contribution is 2.49. The molecule has 0 saturated heterocycles. The van der Waals surface area contributed by atoms with Crippen LogP contribution < -0.4 is 5.73 Å². The lowest BCUT2D eigenvalue weighted by Gasteiger charge is -2.46. The van der Waals surface area contributed by atoms with E-state index < -0.39 is 0 Å². The van der Waals surface area contributed by atoms with Crippen molar-refractivity contribution < 1.29 is 0 Å². The van der Waals surface area contributed by atoms with Crippen LogP contribution in [0.25, 0.3) is 0 Å². The highest BCUT2D eigenvalue weighted by atomic mass is 14.7. The third-order valence-corrected chi connectivity index (χ3v) is 11.2. The molecule has 0 bridgehead atoms. The molecule has 1 nitrogen and oxygen atoms in total. The second kappa shape index (κ2) is 13.2. The Bertz CT molecular complexity index is 501. The summed E-state index contributed by atoms with van der Waals surface area (Å²) in [7, 11) is 0. The van der Waals surface area contributed by atoms with Gasteiger partial charge >= 0.3 is 0 Å². The fourth-order valence-corrected chi connectivity index (χ4v) is 8.29. The van der Waals surface area contributed by atoms with Crippen molar-refractivity contribution in [2.75, 3.05) is 0 Å². The van der Waals surface area contributed by atoms with Crippen molar-refractivity contribution in [1.82, 2.24) is 0 Å². The van der Waals surface area contributed by atoms with Crippen LogP contribution >= 0.6 is 0 Å². The van der Waals surface area contributed by atoms with E-state index in [-0.39, 0.29) is 0 Å². The number of nitrogens with two attached hydrogens (primary N) is 1. The molecule has 32 heavy (non-hydrogen) atoms. The fraction of sp³-hybridized carbons (Fsp3) is 1.00. The van der Waals surface area contributed by atoms with Gasteiger partial charge in [-0.25, -0.2) is 0 Å². The van der Waals surface area contributed by atoms with Gasteiger partial charge in [0.15, 0.2) is 0 Å². The minimum absolute atomic E-state index is 0.408. The molecule has 3 saturated carbocycles. The topological polar surface area (TPSA) is 26.0 Å². The van der Waals surface area contributed by atoms with Crippen molar-refractivity contribution in [2.45, 2.75) is 143 Å². The summed E-state index contributed by atoms with van der Waals surface area (Å²) in [5.41, 5.74) is 6.99. The standard InChI is InChI=1S/C31H59N/c1-6-22(3)13-15-25(7-2)31(32)24(5)29-16-14-23(4)30(21-29)28-19-17-27(18-20-28)26-11-9-8-10-12-26/h22-31H,6-21,32H2,1-5H3/t22?,23?,24-,25-,27?,28?,29?,30?,31?/m1/s1. The lowest BCUT2D eigenvalue weighted by atomic mass is 9.60. The summed E-state index contributed by atoms with van der Waals surface area (Å²) in [5, 5.41) is 0. The van der Waals surface area contributed by atoms with Crippen LogP contribution in [-0.4, -0.2) is 6.04 Å². The molecule has 0 aliphatic heterocycles. The average Bonchev–Trinajstić information content (AvgIpc) is 2.84. The van der Waals surface area contributed by atoms with Crippen LogP contribution in [0.15, 0.2) is 0 Å². The molecule has 0 spiro atoms. The van der Waals surface area contributed by atoms with Gasteiger partial charge in [-0.1, -0.05) is 92.4 Å². The van der Waals surface area contributed by atoms with E-state index in [1.165, 1.54) is 77.0 Å². The lowest BCUT2D eigenvalue weighted by molar-refractivity contribution is 0.0536. The van der Waals surface area contributed by atoms with Crippen LogP contribution in [0, 0.1) is 53.3 Å². The molecule has 2 N–H and O–H groups in total. The third kappa shape index (κ3) is 6.99. The van der Waals surface area contributed by atoms with Crippen LogP contribution in [0.2, 0.25) is 0 Å². The maximum atomic E-state index is 6.99. The second-order valence-corrected chi connectivity index (χ2v) is 13.0. The van der Waals surface area contributed by atoms with E-state index in [1.807, 2.05) is 0 Å². The van der Waals surface area contributed by atoms with Crippen molar-refractivity contribution in [2.24, 2.45) is 59.0 Å². The molecule has 3 rings (SSSR count). The molecule has 7 atom stereocenters. The van der Waals surface area contributed by atoms with Gasteiger partial charge in [0.1, 0.15) is 0 Å². The first-order valence-electron chi connectivity index (χ1n) is 15.2. The summed E-state index contributed by atoms with van der Waals surface area (Å²) in [6.45, 7) is 12.2. The Balaban J connectivity index is 1.51. The Morgan fingerprint density at radius 1 is 0.719 bits per heavy atom. The monoisotopic (exact) mass is 445 g/mol. The van der Waals surface area contributed by atoms with E-state index in [1.54, 1.807) is 25.7 Å². The normalized spacial score (nSPS) is 36.4. The Hall–Kier alpha value is -0.0400. The molecule has 0 aromatic rings. The molecule has 0 aromatic carbocycles. The molecule has 3 fully saturated rings. The van der Waals surface area contributed by atoms with E-state index in [0.29, 0.717) is 12.0 Å². The predicted octanol–water partition coefficient (Wildman–Crippen LogP) is 9.24. The first-order valence-corrected chi connectivity index (χ1v) is 15.2. The van der Waals surface area contributed by atoms with E-state index in [2.05, 4.69) is 34.6 Å². The van der Waals surface area contributed by atoms with Crippen LogP contribution in [-0.2, 0) is 0 Å². The summed E-state index contributed by atoms with van der Waals surface area (Å²) < 4.78 is 0. The van der Waals surface area contributed by atoms with Gasteiger partial charge in [0.25, 0.3) is 0 Å². The SMILES string of the molecule is CCC(C)CC[C@@H](CC)C(N)[C@H](C)C1CCC(C)C(C2CCC(C3CCCCC3)CC2)C1. The first-order chi connectivity index (χ1) is 15.4. The molecule has 1 heteroatoms. The van der Waals surface area contributed by atoms with E-state index >= 15 is 0 Å².